The molecular formula is C10H19NO3. The molecule has 0 saturated heterocycles. The van der Waals surface area contributed by atoms with Crippen LogP contribution in [0.15, 0.2) is 11.6 Å². The standard InChI is InChI=1S/C10H19NO3/c1-9(10(13)14)5-4-6-11(2,3)7-8-12/h5,12H,4,6-8H2,1-3H3. The fourth-order valence-corrected chi connectivity index (χ4v) is 1.10. The van der Waals surface area contributed by atoms with E-state index in [-0.39, 0.29) is 12.2 Å². The summed E-state index contributed by atoms with van der Waals surface area (Å²) in [6.07, 6.45) is 2.35. The molecule has 0 fully saturated rings. The predicted molar refractivity (Wildman–Crippen MR) is 52.3 cm³/mol. The Hall–Kier alpha value is -0.870. The smallest absolute Gasteiger partial charge is 0.102 e. The zero-order chi connectivity index (χ0) is 11.2. The normalized spacial score (nSPS) is 13.0. The summed E-state index contributed by atoms with van der Waals surface area (Å²) >= 11 is 0. The van der Waals surface area contributed by atoms with E-state index in [1.807, 2.05) is 14.1 Å². The number of quaternary nitrogens is 1. The number of hydrogen-bond donors (Lipinski definition) is 1. The number of aliphatic carboxylic acids is 1. The molecule has 0 atom stereocenters. The van der Waals surface area contributed by atoms with Crippen LogP contribution >= 0.6 is 0 Å². The van der Waals surface area contributed by atoms with E-state index in [1.54, 1.807) is 6.08 Å². The second kappa shape index (κ2) is 5.78. The van der Waals surface area contributed by atoms with Crippen molar-refractivity contribution in [2.75, 3.05) is 33.8 Å². The lowest BCUT2D eigenvalue weighted by molar-refractivity contribution is -0.890. The molecule has 0 amide bonds. The van der Waals surface area contributed by atoms with Gasteiger partial charge in [-0.3, -0.25) is 0 Å². The Morgan fingerprint density at radius 2 is 2.00 bits per heavy atom. The van der Waals surface area contributed by atoms with Crippen molar-refractivity contribution in [2.24, 2.45) is 0 Å². The molecule has 0 radical (unpaired) electrons. The van der Waals surface area contributed by atoms with Gasteiger partial charge < -0.3 is 19.5 Å². The summed E-state index contributed by atoms with van der Waals surface area (Å²) in [7, 11) is 4.00. The molecule has 0 aromatic carbocycles. The van der Waals surface area contributed by atoms with E-state index in [2.05, 4.69) is 0 Å². The third kappa shape index (κ3) is 5.72. The summed E-state index contributed by atoms with van der Waals surface area (Å²) < 4.78 is 0.688. The van der Waals surface area contributed by atoms with Crippen molar-refractivity contribution >= 4 is 5.97 Å². The van der Waals surface area contributed by atoms with Crippen LogP contribution in [-0.2, 0) is 4.79 Å². The van der Waals surface area contributed by atoms with Gasteiger partial charge in [0.15, 0.2) is 0 Å². The third-order valence-electron chi connectivity index (χ3n) is 2.21. The maximum absolute atomic E-state index is 10.4. The Morgan fingerprint density at radius 1 is 1.43 bits per heavy atom. The van der Waals surface area contributed by atoms with E-state index in [4.69, 9.17) is 5.11 Å². The van der Waals surface area contributed by atoms with Crippen molar-refractivity contribution in [3.05, 3.63) is 11.6 Å². The predicted octanol–water partition coefficient (Wildman–Crippen LogP) is -0.859. The number of likely N-dealkylation sites (N-methyl/N-ethyl adjacent to an activating group) is 1. The lowest BCUT2D eigenvalue weighted by Crippen LogP contribution is -2.42. The van der Waals surface area contributed by atoms with Gasteiger partial charge in [0, 0.05) is 6.42 Å². The molecule has 14 heavy (non-hydrogen) atoms. The van der Waals surface area contributed by atoms with E-state index in [1.165, 1.54) is 6.92 Å². The van der Waals surface area contributed by atoms with Gasteiger partial charge in [-0.05, 0) is 12.5 Å². The minimum atomic E-state index is -1.11. The maximum atomic E-state index is 10.4. The van der Waals surface area contributed by atoms with Gasteiger partial charge in [0.2, 0.25) is 0 Å². The fourth-order valence-electron chi connectivity index (χ4n) is 1.10. The monoisotopic (exact) mass is 201 g/mol. The summed E-state index contributed by atoms with van der Waals surface area (Å²) in [6.45, 7) is 3.17. The summed E-state index contributed by atoms with van der Waals surface area (Å²) in [6, 6.07) is 0. The molecule has 0 spiro atoms. The molecule has 4 nitrogen and oxygen atoms in total. The summed E-state index contributed by atoms with van der Waals surface area (Å²) in [4.78, 5) is 10.4. The molecule has 4 heteroatoms. The minimum Gasteiger partial charge on any atom is -0.545 e. The molecule has 0 heterocycles. The fraction of sp³-hybridized carbons (Fsp3) is 0.700. The van der Waals surface area contributed by atoms with Crippen molar-refractivity contribution in [2.45, 2.75) is 13.3 Å². The SMILES string of the molecule is CC(=CCC[N+](C)(C)CCO)C(=O)[O-]. The second-order valence-corrected chi connectivity index (χ2v) is 4.07. The van der Waals surface area contributed by atoms with Crippen LogP contribution in [0.1, 0.15) is 13.3 Å². The first kappa shape index (κ1) is 13.1. The summed E-state index contributed by atoms with van der Waals surface area (Å²) in [5.74, 6) is -1.11. The topological polar surface area (TPSA) is 60.4 Å². The molecule has 0 unspecified atom stereocenters. The Balaban J connectivity index is 3.94. The van der Waals surface area contributed by atoms with Gasteiger partial charge in [-0.2, -0.15) is 0 Å². The number of rotatable bonds is 6. The highest BCUT2D eigenvalue weighted by atomic mass is 16.4. The van der Waals surface area contributed by atoms with Crippen LogP contribution in [0.5, 0.6) is 0 Å². The number of carbonyl (C=O) groups excluding carboxylic acids is 1. The molecule has 0 aromatic heterocycles. The Kier molecular flexibility index (Phi) is 5.42. The van der Waals surface area contributed by atoms with Crippen LogP contribution in [0, 0.1) is 0 Å². The number of carboxylic acid groups (broad SMARTS) is 1. The molecule has 0 saturated carbocycles. The minimum absolute atomic E-state index is 0.149. The van der Waals surface area contributed by atoms with E-state index in [0.29, 0.717) is 17.4 Å². The molecule has 0 aromatic rings. The number of carbonyl (C=O) groups is 1. The van der Waals surface area contributed by atoms with Gasteiger partial charge in [0.05, 0.1) is 33.2 Å². The number of carboxylic acids is 1. The lowest BCUT2D eigenvalue weighted by Gasteiger charge is -2.28. The van der Waals surface area contributed by atoms with E-state index >= 15 is 0 Å². The first-order valence-electron chi connectivity index (χ1n) is 4.70. The highest BCUT2D eigenvalue weighted by molar-refractivity contribution is 5.83. The van der Waals surface area contributed by atoms with Gasteiger partial charge in [-0.15, -0.1) is 0 Å². The highest BCUT2D eigenvalue weighted by Crippen LogP contribution is 2.01. The van der Waals surface area contributed by atoms with Gasteiger partial charge in [-0.25, -0.2) is 0 Å². The quantitative estimate of drug-likeness (QED) is 0.449. The van der Waals surface area contributed by atoms with Gasteiger partial charge in [-0.1, -0.05) is 6.08 Å². The van der Waals surface area contributed by atoms with Gasteiger partial charge in [0.25, 0.3) is 0 Å². The molecule has 0 aliphatic rings. The van der Waals surface area contributed by atoms with Crippen LogP contribution in [0.25, 0.3) is 0 Å². The number of hydrogen-bond acceptors (Lipinski definition) is 3. The number of aliphatic hydroxyl groups is 1. The Morgan fingerprint density at radius 3 is 2.43 bits per heavy atom. The zero-order valence-electron chi connectivity index (χ0n) is 9.12. The number of aliphatic hydroxyl groups excluding tert-OH is 1. The first-order chi connectivity index (χ1) is 6.39. The molecule has 82 valence electrons. The molecule has 0 aliphatic heterocycles. The van der Waals surface area contributed by atoms with E-state index in [0.717, 1.165) is 6.54 Å². The van der Waals surface area contributed by atoms with Crippen LogP contribution in [0.3, 0.4) is 0 Å². The highest BCUT2D eigenvalue weighted by Gasteiger charge is 2.11. The van der Waals surface area contributed by atoms with E-state index < -0.39 is 5.97 Å². The van der Waals surface area contributed by atoms with Crippen molar-refractivity contribution in [1.29, 1.82) is 0 Å². The Labute approximate surface area is 85.1 Å². The molecule has 0 rings (SSSR count). The first-order valence-corrected chi connectivity index (χ1v) is 4.70. The molecule has 0 aliphatic carbocycles. The molecular weight excluding hydrogens is 182 g/mol. The van der Waals surface area contributed by atoms with Crippen LogP contribution < -0.4 is 5.11 Å². The van der Waals surface area contributed by atoms with Crippen molar-refractivity contribution in [3.8, 4) is 0 Å². The van der Waals surface area contributed by atoms with Crippen LogP contribution in [0.2, 0.25) is 0 Å². The molecule has 0 bridgehead atoms. The lowest BCUT2D eigenvalue weighted by atomic mass is 10.2. The van der Waals surface area contributed by atoms with Crippen LogP contribution in [0.4, 0.5) is 0 Å². The second-order valence-electron chi connectivity index (χ2n) is 4.07. The van der Waals surface area contributed by atoms with Crippen molar-refractivity contribution in [3.63, 3.8) is 0 Å². The third-order valence-corrected chi connectivity index (χ3v) is 2.21. The summed E-state index contributed by atoms with van der Waals surface area (Å²) in [5, 5.41) is 19.1. The van der Waals surface area contributed by atoms with E-state index in [9.17, 15) is 9.90 Å². The average molecular weight is 201 g/mol. The van der Waals surface area contributed by atoms with Gasteiger partial charge in [0.1, 0.15) is 6.54 Å². The van der Waals surface area contributed by atoms with Crippen molar-refractivity contribution < 1.29 is 19.5 Å². The Bertz CT molecular complexity index is 221. The largest absolute Gasteiger partial charge is 0.545 e. The average Bonchev–Trinajstić information content (AvgIpc) is 2.03. The maximum Gasteiger partial charge on any atom is 0.102 e. The number of nitrogens with zero attached hydrogens (tertiary/aromatic N) is 1. The molecule has 1 N–H and O–H groups in total. The summed E-state index contributed by atoms with van der Waals surface area (Å²) in [5.41, 5.74) is 0.272. The van der Waals surface area contributed by atoms with Crippen LogP contribution in [-0.4, -0.2) is 49.4 Å². The van der Waals surface area contributed by atoms with Gasteiger partial charge >= 0.3 is 0 Å². The zero-order valence-corrected chi connectivity index (χ0v) is 9.12. The van der Waals surface area contributed by atoms with Crippen molar-refractivity contribution in [1.82, 2.24) is 0 Å².